The Bertz CT molecular complexity index is 656. The van der Waals surface area contributed by atoms with Crippen LogP contribution in [0.25, 0.3) is 0 Å². The molecular formula is C16H15BrN2O. The van der Waals surface area contributed by atoms with Crippen LogP contribution < -0.4 is 5.32 Å². The van der Waals surface area contributed by atoms with E-state index in [9.17, 15) is 4.79 Å². The number of pyridine rings is 1. The maximum atomic E-state index is 12.3. The van der Waals surface area contributed by atoms with Gasteiger partial charge in [-0.3, -0.25) is 9.78 Å². The smallest absolute Gasteiger partial charge is 0.253 e. The zero-order valence-electron chi connectivity index (χ0n) is 11.1. The number of rotatable bonds is 2. The standard InChI is InChI=1S/C16H15BrN2O/c1-10-6-11-4-2-3-5-14(11)15(10)19-16(20)12-7-13(17)9-18-8-12/h2-5,7-10,15H,6H2,1H3,(H,19,20). The molecule has 1 heterocycles. The molecule has 0 spiro atoms. The zero-order chi connectivity index (χ0) is 14.1. The van der Waals surface area contributed by atoms with Crippen molar-refractivity contribution in [3.05, 3.63) is 63.9 Å². The van der Waals surface area contributed by atoms with Crippen LogP contribution in [0, 0.1) is 5.92 Å². The third kappa shape index (κ3) is 2.48. The third-order valence-electron chi connectivity index (χ3n) is 3.75. The minimum absolute atomic E-state index is 0.0765. The molecule has 3 nitrogen and oxygen atoms in total. The molecule has 20 heavy (non-hydrogen) atoms. The summed E-state index contributed by atoms with van der Waals surface area (Å²) in [5.74, 6) is 0.337. The summed E-state index contributed by atoms with van der Waals surface area (Å²) < 4.78 is 0.810. The number of hydrogen-bond acceptors (Lipinski definition) is 2. The molecule has 0 radical (unpaired) electrons. The Morgan fingerprint density at radius 1 is 1.35 bits per heavy atom. The zero-order valence-corrected chi connectivity index (χ0v) is 12.7. The third-order valence-corrected chi connectivity index (χ3v) is 4.19. The van der Waals surface area contributed by atoms with Gasteiger partial charge in [0.15, 0.2) is 0 Å². The van der Waals surface area contributed by atoms with Crippen molar-refractivity contribution in [3.63, 3.8) is 0 Å². The van der Waals surface area contributed by atoms with E-state index in [1.54, 1.807) is 18.5 Å². The Morgan fingerprint density at radius 3 is 2.95 bits per heavy atom. The number of amides is 1. The predicted molar refractivity (Wildman–Crippen MR) is 81.5 cm³/mol. The number of benzene rings is 1. The van der Waals surface area contributed by atoms with Gasteiger partial charge in [-0.1, -0.05) is 31.2 Å². The van der Waals surface area contributed by atoms with Crippen LogP contribution in [-0.2, 0) is 6.42 Å². The first kappa shape index (κ1) is 13.3. The Balaban J connectivity index is 1.83. The lowest BCUT2D eigenvalue weighted by Gasteiger charge is -2.18. The molecule has 2 unspecified atom stereocenters. The van der Waals surface area contributed by atoms with Crippen LogP contribution in [0.5, 0.6) is 0 Å². The second kappa shape index (κ2) is 5.37. The Morgan fingerprint density at radius 2 is 2.15 bits per heavy atom. The van der Waals surface area contributed by atoms with Crippen molar-refractivity contribution >= 4 is 21.8 Å². The van der Waals surface area contributed by atoms with Crippen LogP contribution in [0.1, 0.15) is 34.5 Å². The van der Waals surface area contributed by atoms with Crippen molar-refractivity contribution in [2.75, 3.05) is 0 Å². The predicted octanol–water partition coefficient (Wildman–Crippen LogP) is 3.51. The summed E-state index contributed by atoms with van der Waals surface area (Å²) in [4.78, 5) is 16.4. The highest BCUT2D eigenvalue weighted by Gasteiger charge is 2.30. The van der Waals surface area contributed by atoms with E-state index < -0.39 is 0 Å². The van der Waals surface area contributed by atoms with Crippen molar-refractivity contribution < 1.29 is 4.79 Å². The highest BCUT2D eigenvalue weighted by molar-refractivity contribution is 9.10. The van der Waals surface area contributed by atoms with Crippen molar-refractivity contribution in [3.8, 4) is 0 Å². The molecule has 1 amide bonds. The minimum Gasteiger partial charge on any atom is -0.345 e. The highest BCUT2D eigenvalue weighted by atomic mass is 79.9. The van der Waals surface area contributed by atoms with Gasteiger partial charge in [0, 0.05) is 16.9 Å². The van der Waals surface area contributed by atoms with Gasteiger partial charge in [0.2, 0.25) is 0 Å². The van der Waals surface area contributed by atoms with E-state index in [4.69, 9.17) is 0 Å². The summed E-state index contributed by atoms with van der Waals surface area (Å²) in [6, 6.07) is 10.2. The van der Waals surface area contributed by atoms with Gasteiger partial charge in [-0.05, 0) is 45.5 Å². The average molecular weight is 331 g/mol. The van der Waals surface area contributed by atoms with Gasteiger partial charge in [-0.2, -0.15) is 0 Å². The molecule has 0 aliphatic heterocycles. The number of halogens is 1. The van der Waals surface area contributed by atoms with E-state index in [1.807, 2.05) is 12.1 Å². The van der Waals surface area contributed by atoms with Gasteiger partial charge < -0.3 is 5.32 Å². The van der Waals surface area contributed by atoms with Gasteiger partial charge in [-0.15, -0.1) is 0 Å². The molecule has 1 aromatic carbocycles. The summed E-state index contributed by atoms with van der Waals surface area (Å²) in [6.07, 6.45) is 4.27. The quantitative estimate of drug-likeness (QED) is 0.915. The fourth-order valence-electron chi connectivity index (χ4n) is 2.78. The van der Waals surface area contributed by atoms with Crippen molar-refractivity contribution in [1.29, 1.82) is 0 Å². The molecule has 0 fully saturated rings. The van der Waals surface area contributed by atoms with E-state index in [0.717, 1.165) is 10.9 Å². The molecule has 102 valence electrons. The summed E-state index contributed by atoms with van der Waals surface area (Å²) in [5, 5.41) is 3.13. The maximum Gasteiger partial charge on any atom is 0.253 e. The fourth-order valence-corrected chi connectivity index (χ4v) is 3.14. The molecule has 3 rings (SSSR count). The van der Waals surface area contributed by atoms with E-state index in [2.05, 4.69) is 45.3 Å². The molecule has 1 N–H and O–H groups in total. The molecule has 1 aliphatic rings. The van der Waals surface area contributed by atoms with E-state index in [1.165, 1.54) is 11.1 Å². The minimum atomic E-state index is -0.0765. The van der Waals surface area contributed by atoms with Crippen LogP contribution in [0.3, 0.4) is 0 Å². The Kier molecular flexibility index (Phi) is 3.57. The fraction of sp³-hybridized carbons (Fsp3) is 0.250. The molecule has 1 aromatic heterocycles. The van der Waals surface area contributed by atoms with Gasteiger partial charge in [0.25, 0.3) is 5.91 Å². The molecule has 2 aromatic rings. The lowest BCUT2D eigenvalue weighted by Crippen LogP contribution is -2.30. The van der Waals surface area contributed by atoms with Crippen molar-refractivity contribution in [2.45, 2.75) is 19.4 Å². The van der Waals surface area contributed by atoms with E-state index >= 15 is 0 Å². The van der Waals surface area contributed by atoms with Crippen LogP contribution in [0.15, 0.2) is 47.2 Å². The lowest BCUT2D eigenvalue weighted by molar-refractivity contribution is 0.0926. The number of carbonyl (C=O) groups excluding carboxylic acids is 1. The molecule has 1 aliphatic carbocycles. The topological polar surface area (TPSA) is 42.0 Å². The van der Waals surface area contributed by atoms with E-state index in [-0.39, 0.29) is 11.9 Å². The monoisotopic (exact) mass is 330 g/mol. The highest BCUT2D eigenvalue weighted by Crippen LogP contribution is 2.35. The molecule has 4 heteroatoms. The van der Waals surface area contributed by atoms with Crippen molar-refractivity contribution in [2.24, 2.45) is 5.92 Å². The van der Waals surface area contributed by atoms with Gasteiger partial charge >= 0.3 is 0 Å². The molecule has 0 bridgehead atoms. The number of nitrogens with zero attached hydrogens (tertiary/aromatic N) is 1. The molecule has 2 atom stereocenters. The van der Waals surface area contributed by atoms with Gasteiger partial charge in [0.05, 0.1) is 11.6 Å². The number of hydrogen-bond donors (Lipinski definition) is 1. The van der Waals surface area contributed by atoms with Crippen LogP contribution in [0.2, 0.25) is 0 Å². The first-order valence-corrected chi connectivity index (χ1v) is 7.43. The number of nitrogens with one attached hydrogen (secondary N) is 1. The Labute approximate surface area is 126 Å². The Hall–Kier alpha value is -1.68. The average Bonchev–Trinajstić information content (AvgIpc) is 2.75. The summed E-state index contributed by atoms with van der Waals surface area (Å²) in [7, 11) is 0. The second-order valence-corrected chi connectivity index (χ2v) is 6.14. The normalized spacial score (nSPS) is 20.5. The summed E-state index contributed by atoms with van der Waals surface area (Å²) >= 11 is 3.34. The first-order chi connectivity index (χ1) is 9.65. The molecule has 0 saturated heterocycles. The summed E-state index contributed by atoms with van der Waals surface area (Å²) in [6.45, 7) is 2.17. The van der Waals surface area contributed by atoms with Crippen molar-refractivity contribution in [1.82, 2.24) is 10.3 Å². The molecular weight excluding hydrogens is 316 g/mol. The van der Waals surface area contributed by atoms with E-state index in [0.29, 0.717) is 11.5 Å². The summed E-state index contributed by atoms with van der Waals surface area (Å²) in [5.41, 5.74) is 3.14. The van der Waals surface area contributed by atoms with Crippen LogP contribution in [-0.4, -0.2) is 10.9 Å². The van der Waals surface area contributed by atoms with Gasteiger partial charge in [-0.25, -0.2) is 0 Å². The van der Waals surface area contributed by atoms with Gasteiger partial charge in [0.1, 0.15) is 0 Å². The largest absolute Gasteiger partial charge is 0.345 e. The number of aromatic nitrogens is 1. The second-order valence-electron chi connectivity index (χ2n) is 5.22. The lowest BCUT2D eigenvalue weighted by atomic mass is 10.0. The number of carbonyl (C=O) groups is 1. The SMILES string of the molecule is CC1Cc2ccccc2C1NC(=O)c1cncc(Br)c1. The first-order valence-electron chi connectivity index (χ1n) is 6.64. The number of fused-ring (bicyclic) bond motifs is 1. The van der Waals surface area contributed by atoms with Crippen LogP contribution in [0.4, 0.5) is 0 Å². The maximum absolute atomic E-state index is 12.3. The van der Waals surface area contributed by atoms with Crippen LogP contribution >= 0.6 is 15.9 Å². The molecule has 0 saturated carbocycles.